The molecule has 1 aromatic rings. The number of aliphatic imine (C=N–C) groups is 1. The molecule has 0 aliphatic carbocycles. The molecule has 1 aromatic heterocycles. The fourth-order valence-electron chi connectivity index (χ4n) is 2.42. The lowest BCUT2D eigenvalue weighted by Crippen LogP contribution is -2.43. The Morgan fingerprint density at radius 1 is 1.35 bits per heavy atom. The first-order valence-corrected chi connectivity index (χ1v) is 9.29. The lowest BCUT2D eigenvalue weighted by atomic mass is 10.2. The van der Waals surface area contributed by atoms with Crippen molar-refractivity contribution < 1.29 is 0 Å². The van der Waals surface area contributed by atoms with Crippen LogP contribution in [-0.2, 0) is 6.42 Å². The van der Waals surface area contributed by atoms with Gasteiger partial charge in [-0.25, -0.2) is 0 Å². The molecule has 0 aliphatic heterocycles. The Morgan fingerprint density at radius 2 is 2.09 bits per heavy atom. The van der Waals surface area contributed by atoms with Crippen LogP contribution < -0.4 is 10.6 Å². The molecule has 2 N–H and O–H groups in total. The highest BCUT2D eigenvalue weighted by atomic mass is 127. The lowest BCUT2D eigenvalue weighted by Gasteiger charge is -2.21. The number of nitrogens with one attached hydrogen (secondary N) is 2. The monoisotopic (exact) mass is 452 g/mol. The highest BCUT2D eigenvalue weighted by Crippen LogP contribution is 2.08. The van der Waals surface area contributed by atoms with Gasteiger partial charge in [0.25, 0.3) is 0 Å². The van der Waals surface area contributed by atoms with Crippen LogP contribution in [0.5, 0.6) is 0 Å². The highest BCUT2D eigenvalue weighted by molar-refractivity contribution is 14.0. The van der Waals surface area contributed by atoms with Crippen LogP contribution in [0.2, 0.25) is 0 Å². The molecule has 0 spiro atoms. The molecule has 0 radical (unpaired) electrons. The van der Waals surface area contributed by atoms with Gasteiger partial charge in [-0.2, -0.15) is 0 Å². The van der Waals surface area contributed by atoms with Gasteiger partial charge in [0, 0.05) is 24.5 Å². The summed E-state index contributed by atoms with van der Waals surface area (Å²) in [5.74, 6) is 0.909. The summed E-state index contributed by atoms with van der Waals surface area (Å²) in [5, 5.41) is 9.00. The molecule has 1 atom stereocenters. The van der Waals surface area contributed by atoms with E-state index < -0.39 is 0 Å². The molecule has 23 heavy (non-hydrogen) atoms. The molecule has 0 amide bonds. The Bertz CT molecular complexity index is 405. The molecule has 0 aliphatic rings. The van der Waals surface area contributed by atoms with Crippen molar-refractivity contribution in [1.29, 1.82) is 0 Å². The summed E-state index contributed by atoms with van der Waals surface area (Å²) in [6.45, 7) is 11.1. The number of rotatable bonds is 10. The van der Waals surface area contributed by atoms with Gasteiger partial charge in [-0.05, 0) is 57.3 Å². The number of nitrogens with zero attached hydrogens (tertiary/aromatic N) is 2. The first kappa shape index (κ1) is 22.7. The molecule has 4 nitrogen and oxygen atoms in total. The van der Waals surface area contributed by atoms with E-state index in [1.807, 2.05) is 18.4 Å². The van der Waals surface area contributed by atoms with Crippen molar-refractivity contribution in [3.05, 3.63) is 22.4 Å². The Kier molecular flexibility index (Phi) is 13.8. The SMILES string of the molecule is CCN(CC)CCCC(C)NC(=NC)NCCc1cccs1.I. The summed E-state index contributed by atoms with van der Waals surface area (Å²) in [7, 11) is 1.84. The van der Waals surface area contributed by atoms with Crippen LogP contribution in [0.15, 0.2) is 22.5 Å². The normalized spacial score (nSPS) is 12.8. The van der Waals surface area contributed by atoms with E-state index in [1.165, 1.54) is 24.3 Å². The Labute approximate surface area is 163 Å². The van der Waals surface area contributed by atoms with E-state index in [1.54, 1.807) is 0 Å². The average Bonchev–Trinajstić information content (AvgIpc) is 3.04. The van der Waals surface area contributed by atoms with Crippen molar-refractivity contribution in [3.8, 4) is 0 Å². The molecule has 0 fully saturated rings. The first-order chi connectivity index (χ1) is 10.7. The van der Waals surface area contributed by atoms with Gasteiger partial charge in [-0.1, -0.05) is 19.9 Å². The predicted molar refractivity (Wildman–Crippen MR) is 114 cm³/mol. The van der Waals surface area contributed by atoms with Gasteiger partial charge in [-0.3, -0.25) is 4.99 Å². The zero-order valence-electron chi connectivity index (χ0n) is 15.0. The van der Waals surface area contributed by atoms with E-state index in [4.69, 9.17) is 0 Å². The third-order valence-corrected chi connectivity index (χ3v) is 4.79. The van der Waals surface area contributed by atoms with Crippen LogP contribution >= 0.6 is 35.3 Å². The number of hydrogen-bond acceptors (Lipinski definition) is 3. The third kappa shape index (κ3) is 10.2. The number of thiophene rings is 1. The van der Waals surface area contributed by atoms with Crippen molar-refractivity contribution in [2.75, 3.05) is 33.2 Å². The minimum atomic E-state index is 0. The van der Waals surface area contributed by atoms with E-state index in [2.05, 4.69) is 58.8 Å². The molecule has 0 bridgehead atoms. The second kappa shape index (κ2) is 14.0. The number of hydrogen-bond donors (Lipinski definition) is 2. The Balaban J connectivity index is 0.00000484. The average molecular weight is 452 g/mol. The molecular formula is C17H33IN4S. The molecule has 0 saturated carbocycles. The van der Waals surface area contributed by atoms with E-state index in [9.17, 15) is 0 Å². The molecule has 1 rings (SSSR count). The van der Waals surface area contributed by atoms with Crippen LogP contribution in [-0.4, -0.2) is 50.1 Å². The summed E-state index contributed by atoms with van der Waals surface area (Å²) in [6, 6.07) is 4.73. The minimum Gasteiger partial charge on any atom is -0.356 e. The summed E-state index contributed by atoms with van der Waals surface area (Å²) in [5.41, 5.74) is 0. The number of guanidine groups is 1. The second-order valence-electron chi connectivity index (χ2n) is 5.54. The lowest BCUT2D eigenvalue weighted by molar-refractivity contribution is 0.292. The summed E-state index contributed by atoms with van der Waals surface area (Å²) in [4.78, 5) is 8.20. The number of halogens is 1. The second-order valence-corrected chi connectivity index (χ2v) is 6.58. The van der Waals surface area contributed by atoms with Crippen molar-refractivity contribution in [2.45, 2.75) is 46.1 Å². The van der Waals surface area contributed by atoms with Crippen LogP contribution in [0.1, 0.15) is 38.5 Å². The molecule has 6 heteroatoms. The minimum absolute atomic E-state index is 0. The molecule has 1 unspecified atom stereocenters. The van der Waals surface area contributed by atoms with E-state index in [-0.39, 0.29) is 24.0 Å². The van der Waals surface area contributed by atoms with Crippen LogP contribution in [0.4, 0.5) is 0 Å². The van der Waals surface area contributed by atoms with E-state index in [0.717, 1.165) is 32.0 Å². The van der Waals surface area contributed by atoms with Crippen LogP contribution in [0, 0.1) is 0 Å². The third-order valence-electron chi connectivity index (χ3n) is 3.86. The van der Waals surface area contributed by atoms with Crippen molar-refractivity contribution in [2.24, 2.45) is 4.99 Å². The smallest absolute Gasteiger partial charge is 0.191 e. The van der Waals surface area contributed by atoms with Gasteiger partial charge in [0.2, 0.25) is 0 Å². The van der Waals surface area contributed by atoms with Crippen molar-refractivity contribution in [1.82, 2.24) is 15.5 Å². The maximum absolute atomic E-state index is 4.31. The summed E-state index contributed by atoms with van der Waals surface area (Å²) < 4.78 is 0. The topological polar surface area (TPSA) is 39.7 Å². The largest absolute Gasteiger partial charge is 0.356 e. The maximum atomic E-state index is 4.31. The van der Waals surface area contributed by atoms with Crippen molar-refractivity contribution in [3.63, 3.8) is 0 Å². The zero-order valence-corrected chi connectivity index (χ0v) is 18.1. The quantitative estimate of drug-likeness (QED) is 0.324. The van der Waals surface area contributed by atoms with Crippen LogP contribution in [0.25, 0.3) is 0 Å². The maximum Gasteiger partial charge on any atom is 0.191 e. The van der Waals surface area contributed by atoms with Gasteiger partial charge in [0.05, 0.1) is 0 Å². The Hall–Kier alpha value is -0.340. The standard InChI is InChI=1S/C17H32N4S.HI/c1-5-21(6-2)13-7-9-15(3)20-17(18-4)19-12-11-16-10-8-14-22-16;/h8,10,14-15H,5-7,9,11-13H2,1-4H3,(H2,18,19,20);1H. The zero-order chi connectivity index (χ0) is 16.2. The van der Waals surface area contributed by atoms with Gasteiger partial charge >= 0.3 is 0 Å². The summed E-state index contributed by atoms with van der Waals surface area (Å²) in [6.07, 6.45) is 3.44. The molecule has 0 saturated heterocycles. The van der Waals surface area contributed by atoms with Gasteiger partial charge in [0.15, 0.2) is 5.96 Å². The van der Waals surface area contributed by atoms with E-state index >= 15 is 0 Å². The highest BCUT2D eigenvalue weighted by Gasteiger charge is 2.06. The van der Waals surface area contributed by atoms with Gasteiger partial charge in [-0.15, -0.1) is 35.3 Å². The van der Waals surface area contributed by atoms with Crippen LogP contribution in [0.3, 0.4) is 0 Å². The van der Waals surface area contributed by atoms with Gasteiger partial charge < -0.3 is 15.5 Å². The summed E-state index contributed by atoms with van der Waals surface area (Å²) >= 11 is 1.81. The van der Waals surface area contributed by atoms with E-state index in [0.29, 0.717) is 6.04 Å². The molecular weight excluding hydrogens is 419 g/mol. The fraction of sp³-hybridized carbons (Fsp3) is 0.706. The predicted octanol–water partition coefficient (Wildman–Crippen LogP) is 3.58. The molecule has 134 valence electrons. The first-order valence-electron chi connectivity index (χ1n) is 8.41. The fourth-order valence-corrected chi connectivity index (χ4v) is 3.13. The van der Waals surface area contributed by atoms with Crippen molar-refractivity contribution >= 4 is 41.3 Å². The Morgan fingerprint density at radius 3 is 2.65 bits per heavy atom. The molecule has 0 aromatic carbocycles. The molecule has 1 heterocycles. The van der Waals surface area contributed by atoms with Gasteiger partial charge in [0.1, 0.15) is 0 Å².